The summed E-state index contributed by atoms with van der Waals surface area (Å²) < 4.78 is 0. The number of nitrogens with one attached hydrogen (secondary N) is 1. The summed E-state index contributed by atoms with van der Waals surface area (Å²) in [6, 6.07) is 14.2. The standard InChI is InChI=1S/C22H24N4O2S/c1-2-25-11-12-26(22(28)19-9-10-23-24-19)15-18(21(25)27)14-16-5-7-17(8-6-16)20-4-3-13-29-20/h3-10,13,18H,2,11-12,14-15H2,1H3,(H,23,24)/t18-/m1/s1. The number of likely N-dealkylation sites (N-methyl/N-ethyl adjacent to an activating group) is 1. The van der Waals surface area contributed by atoms with Gasteiger partial charge in [-0.3, -0.25) is 14.7 Å². The lowest BCUT2D eigenvalue weighted by Gasteiger charge is -2.23. The summed E-state index contributed by atoms with van der Waals surface area (Å²) in [6.45, 7) is 4.14. The van der Waals surface area contributed by atoms with Crippen LogP contribution < -0.4 is 0 Å². The molecule has 6 nitrogen and oxygen atoms in total. The lowest BCUT2D eigenvalue weighted by molar-refractivity contribution is -0.134. The number of benzene rings is 1. The van der Waals surface area contributed by atoms with E-state index in [1.807, 2.05) is 17.9 Å². The van der Waals surface area contributed by atoms with Crippen molar-refractivity contribution in [2.45, 2.75) is 13.3 Å². The SMILES string of the molecule is CCN1CCN(C(=O)c2ccn[nH]2)C[C@@H](Cc2ccc(-c3cccs3)cc2)C1=O. The van der Waals surface area contributed by atoms with Crippen LogP contribution >= 0.6 is 11.3 Å². The number of aromatic amines is 1. The van der Waals surface area contributed by atoms with Gasteiger partial charge in [-0.2, -0.15) is 5.10 Å². The van der Waals surface area contributed by atoms with Crippen molar-refractivity contribution < 1.29 is 9.59 Å². The predicted molar refractivity (Wildman–Crippen MR) is 114 cm³/mol. The van der Waals surface area contributed by atoms with Gasteiger partial charge in [0.25, 0.3) is 5.91 Å². The fourth-order valence-corrected chi connectivity index (χ4v) is 4.51. The normalized spacial score (nSPS) is 17.4. The van der Waals surface area contributed by atoms with Gasteiger partial charge in [0.05, 0.1) is 5.92 Å². The van der Waals surface area contributed by atoms with E-state index in [9.17, 15) is 9.59 Å². The van der Waals surface area contributed by atoms with Crippen molar-refractivity contribution >= 4 is 23.2 Å². The Labute approximate surface area is 174 Å². The Morgan fingerprint density at radius 1 is 1.21 bits per heavy atom. The van der Waals surface area contributed by atoms with Crippen molar-refractivity contribution in [1.29, 1.82) is 0 Å². The lowest BCUT2D eigenvalue weighted by Crippen LogP contribution is -2.38. The van der Waals surface area contributed by atoms with Gasteiger partial charge in [0.2, 0.25) is 5.91 Å². The number of amides is 2. The smallest absolute Gasteiger partial charge is 0.271 e. The first-order valence-corrected chi connectivity index (χ1v) is 10.7. The average molecular weight is 409 g/mol. The highest BCUT2D eigenvalue weighted by atomic mass is 32.1. The molecule has 1 atom stereocenters. The fourth-order valence-electron chi connectivity index (χ4n) is 3.77. The number of carbonyl (C=O) groups excluding carboxylic acids is 2. The quantitative estimate of drug-likeness (QED) is 0.704. The maximum atomic E-state index is 13.1. The third-order valence-corrected chi connectivity index (χ3v) is 6.30. The maximum Gasteiger partial charge on any atom is 0.271 e. The summed E-state index contributed by atoms with van der Waals surface area (Å²) in [6.07, 6.45) is 2.19. The van der Waals surface area contributed by atoms with Gasteiger partial charge in [0.15, 0.2) is 0 Å². The van der Waals surface area contributed by atoms with Gasteiger partial charge in [-0.15, -0.1) is 11.3 Å². The summed E-state index contributed by atoms with van der Waals surface area (Å²) in [7, 11) is 0. The molecule has 0 unspecified atom stereocenters. The lowest BCUT2D eigenvalue weighted by atomic mass is 9.96. The Hall–Kier alpha value is -2.93. The van der Waals surface area contributed by atoms with E-state index in [1.165, 1.54) is 10.4 Å². The third-order valence-electron chi connectivity index (χ3n) is 5.38. The fraction of sp³-hybridized carbons (Fsp3) is 0.318. The van der Waals surface area contributed by atoms with E-state index in [0.29, 0.717) is 38.3 Å². The molecule has 29 heavy (non-hydrogen) atoms. The first-order chi connectivity index (χ1) is 14.2. The number of thiophene rings is 1. The topological polar surface area (TPSA) is 69.3 Å². The molecule has 1 aliphatic rings. The number of H-pyrrole nitrogens is 1. The zero-order valence-electron chi connectivity index (χ0n) is 16.4. The van der Waals surface area contributed by atoms with E-state index in [0.717, 1.165) is 5.56 Å². The molecule has 0 radical (unpaired) electrons. The Balaban J connectivity index is 1.52. The van der Waals surface area contributed by atoms with Crippen LogP contribution in [0, 0.1) is 5.92 Å². The molecule has 150 valence electrons. The largest absolute Gasteiger partial charge is 0.341 e. The van der Waals surface area contributed by atoms with Crippen LogP contribution in [0.4, 0.5) is 0 Å². The van der Waals surface area contributed by atoms with Crippen molar-refractivity contribution in [2.75, 3.05) is 26.2 Å². The first kappa shape index (κ1) is 19.4. The van der Waals surface area contributed by atoms with Crippen molar-refractivity contribution in [2.24, 2.45) is 5.92 Å². The Morgan fingerprint density at radius 3 is 2.69 bits per heavy atom. The molecule has 3 aromatic rings. The molecule has 0 spiro atoms. The monoisotopic (exact) mass is 408 g/mol. The van der Waals surface area contributed by atoms with Crippen LogP contribution in [0.3, 0.4) is 0 Å². The predicted octanol–water partition coefficient (Wildman–Crippen LogP) is 3.30. The minimum atomic E-state index is -0.253. The molecule has 3 heterocycles. The van der Waals surface area contributed by atoms with Crippen molar-refractivity contribution in [3.05, 3.63) is 65.3 Å². The van der Waals surface area contributed by atoms with E-state index < -0.39 is 0 Å². The molecule has 1 aromatic carbocycles. The molecule has 7 heteroatoms. The van der Waals surface area contributed by atoms with Crippen LogP contribution in [-0.2, 0) is 11.2 Å². The minimum absolute atomic E-state index is 0.105. The number of nitrogens with zero attached hydrogens (tertiary/aromatic N) is 3. The maximum absolute atomic E-state index is 13.1. The second-order valence-electron chi connectivity index (χ2n) is 7.21. The van der Waals surface area contributed by atoms with Crippen LogP contribution in [0.5, 0.6) is 0 Å². The summed E-state index contributed by atoms with van der Waals surface area (Å²) in [5, 5.41) is 8.68. The van der Waals surface area contributed by atoms with E-state index in [1.54, 1.807) is 28.5 Å². The molecule has 2 amide bonds. The van der Waals surface area contributed by atoms with Gasteiger partial charge >= 0.3 is 0 Å². The molecule has 0 aliphatic carbocycles. The number of aromatic nitrogens is 2. The highest BCUT2D eigenvalue weighted by molar-refractivity contribution is 7.13. The zero-order chi connectivity index (χ0) is 20.2. The van der Waals surface area contributed by atoms with Gasteiger partial charge in [-0.1, -0.05) is 30.3 Å². The molecule has 2 aromatic heterocycles. The molecule has 1 saturated heterocycles. The van der Waals surface area contributed by atoms with E-state index in [4.69, 9.17) is 0 Å². The molecule has 1 fully saturated rings. The van der Waals surface area contributed by atoms with Gasteiger partial charge in [-0.05, 0) is 42.0 Å². The molecular weight excluding hydrogens is 384 g/mol. The number of hydrogen-bond acceptors (Lipinski definition) is 4. The second kappa shape index (κ2) is 8.61. The van der Waals surface area contributed by atoms with E-state index in [2.05, 4.69) is 45.9 Å². The molecule has 0 bridgehead atoms. The first-order valence-electron chi connectivity index (χ1n) is 9.86. The van der Waals surface area contributed by atoms with Gasteiger partial charge in [-0.25, -0.2) is 0 Å². The van der Waals surface area contributed by atoms with Crippen LogP contribution in [0.25, 0.3) is 10.4 Å². The van der Waals surface area contributed by atoms with Crippen molar-refractivity contribution in [1.82, 2.24) is 20.0 Å². The zero-order valence-corrected chi connectivity index (χ0v) is 17.2. The van der Waals surface area contributed by atoms with Crippen molar-refractivity contribution in [3.63, 3.8) is 0 Å². The molecule has 1 N–H and O–H groups in total. The van der Waals surface area contributed by atoms with Crippen LogP contribution in [0.2, 0.25) is 0 Å². The molecule has 1 aliphatic heterocycles. The summed E-state index contributed by atoms with van der Waals surface area (Å²) >= 11 is 1.71. The average Bonchev–Trinajstić information content (AvgIpc) is 3.44. The molecular formula is C22H24N4O2S. The van der Waals surface area contributed by atoms with Gasteiger partial charge in [0.1, 0.15) is 5.69 Å². The summed E-state index contributed by atoms with van der Waals surface area (Å²) in [5.41, 5.74) is 2.75. The van der Waals surface area contributed by atoms with Crippen molar-refractivity contribution in [3.8, 4) is 10.4 Å². The Kier molecular flexibility index (Phi) is 5.76. The minimum Gasteiger partial charge on any atom is -0.341 e. The number of carbonyl (C=O) groups is 2. The van der Waals surface area contributed by atoms with Gasteiger partial charge < -0.3 is 9.80 Å². The molecule has 0 saturated carbocycles. The highest BCUT2D eigenvalue weighted by Crippen LogP contribution is 2.26. The van der Waals surface area contributed by atoms with Crippen LogP contribution in [-0.4, -0.2) is 58.0 Å². The highest BCUT2D eigenvalue weighted by Gasteiger charge is 2.32. The third kappa shape index (κ3) is 4.24. The number of hydrogen-bond donors (Lipinski definition) is 1. The van der Waals surface area contributed by atoms with Crippen LogP contribution in [0.15, 0.2) is 54.0 Å². The molecule has 4 rings (SSSR count). The second-order valence-corrected chi connectivity index (χ2v) is 8.16. The van der Waals surface area contributed by atoms with E-state index in [-0.39, 0.29) is 17.7 Å². The summed E-state index contributed by atoms with van der Waals surface area (Å²) in [4.78, 5) is 30.7. The van der Waals surface area contributed by atoms with E-state index >= 15 is 0 Å². The Morgan fingerprint density at radius 2 is 2.03 bits per heavy atom. The van der Waals surface area contributed by atoms with Crippen LogP contribution in [0.1, 0.15) is 23.0 Å². The van der Waals surface area contributed by atoms with Gasteiger partial charge in [0, 0.05) is 37.3 Å². The Bertz CT molecular complexity index is 951. The number of rotatable bonds is 5. The summed E-state index contributed by atoms with van der Waals surface area (Å²) in [5.74, 6) is -0.238.